The van der Waals surface area contributed by atoms with E-state index in [-0.39, 0.29) is 13.2 Å². The van der Waals surface area contributed by atoms with Gasteiger partial charge in [0.05, 0.1) is 17.7 Å². The number of fused-ring (bicyclic) bond motifs is 1. The first-order valence-electron chi connectivity index (χ1n) is 7.09. The lowest BCUT2D eigenvalue weighted by molar-refractivity contribution is -0.160. The third-order valence-electron chi connectivity index (χ3n) is 3.69. The number of nitrogens with zero attached hydrogens (tertiary/aromatic N) is 1. The fourth-order valence-electron chi connectivity index (χ4n) is 2.42. The van der Waals surface area contributed by atoms with Gasteiger partial charge in [-0.25, -0.2) is 4.79 Å². The quantitative estimate of drug-likeness (QED) is 0.653. The molecule has 1 heterocycles. The zero-order chi connectivity index (χ0) is 16.5. The molecule has 1 aromatic carbocycles. The molecule has 1 atom stereocenters. The van der Waals surface area contributed by atoms with Crippen molar-refractivity contribution in [3.05, 3.63) is 35.4 Å². The molecule has 118 valence electrons. The molecule has 1 aliphatic rings. The van der Waals surface area contributed by atoms with Crippen LogP contribution in [-0.2, 0) is 9.53 Å². The van der Waals surface area contributed by atoms with Crippen molar-refractivity contribution in [3.63, 3.8) is 0 Å². The van der Waals surface area contributed by atoms with E-state index in [0.29, 0.717) is 11.1 Å². The SMILES string of the molecule is CCOC(=O)C(O)C(C)(C)CN1C(=O)c2ccccc2C1=O. The lowest BCUT2D eigenvalue weighted by atomic mass is 9.85. The molecule has 2 rings (SSSR count). The van der Waals surface area contributed by atoms with Crippen LogP contribution in [0.5, 0.6) is 0 Å². The predicted octanol–water partition coefficient (Wildman–Crippen LogP) is 1.23. The average molecular weight is 305 g/mol. The molecule has 1 aromatic rings. The third kappa shape index (κ3) is 2.74. The van der Waals surface area contributed by atoms with Crippen molar-refractivity contribution >= 4 is 17.8 Å². The largest absolute Gasteiger partial charge is 0.464 e. The van der Waals surface area contributed by atoms with Gasteiger partial charge in [0.1, 0.15) is 0 Å². The molecule has 1 aliphatic heterocycles. The molecule has 0 bridgehead atoms. The Morgan fingerprint density at radius 2 is 1.73 bits per heavy atom. The summed E-state index contributed by atoms with van der Waals surface area (Å²) in [6, 6.07) is 6.55. The van der Waals surface area contributed by atoms with Gasteiger partial charge in [-0.15, -0.1) is 0 Å². The van der Waals surface area contributed by atoms with Crippen molar-refractivity contribution < 1.29 is 24.2 Å². The smallest absolute Gasteiger partial charge is 0.335 e. The Morgan fingerprint density at radius 3 is 2.18 bits per heavy atom. The van der Waals surface area contributed by atoms with Crippen molar-refractivity contribution in [2.45, 2.75) is 26.9 Å². The Kier molecular flexibility index (Phi) is 4.32. The molecule has 6 nitrogen and oxygen atoms in total. The van der Waals surface area contributed by atoms with Crippen LogP contribution >= 0.6 is 0 Å². The molecule has 0 spiro atoms. The van der Waals surface area contributed by atoms with E-state index in [1.54, 1.807) is 45.0 Å². The standard InChI is InChI=1S/C16H19NO5/c1-4-22-15(21)12(18)16(2,3)9-17-13(19)10-7-5-6-8-11(10)14(17)20/h5-8,12,18H,4,9H2,1-3H3. The monoisotopic (exact) mass is 305 g/mol. The van der Waals surface area contributed by atoms with E-state index < -0.39 is 29.3 Å². The highest BCUT2D eigenvalue weighted by atomic mass is 16.5. The van der Waals surface area contributed by atoms with Gasteiger partial charge in [-0.2, -0.15) is 0 Å². The minimum absolute atomic E-state index is 0.0701. The topological polar surface area (TPSA) is 83.9 Å². The fourth-order valence-corrected chi connectivity index (χ4v) is 2.42. The number of aliphatic hydroxyl groups excluding tert-OH is 1. The van der Waals surface area contributed by atoms with Gasteiger partial charge in [0.25, 0.3) is 11.8 Å². The van der Waals surface area contributed by atoms with Crippen LogP contribution in [0.3, 0.4) is 0 Å². The number of amides is 2. The highest BCUT2D eigenvalue weighted by Gasteiger charge is 2.43. The Labute approximate surface area is 128 Å². The molecule has 1 N–H and O–H groups in total. The highest BCUT2D eigenvalue weighted by Crippen LogP contribution is 2.29. The van der Waals surface area contributed by atoms with Crippen molar-refractivity contribution in [1.82, 2.24) is 4.90 Å². The second kappa shape index (κ2) is 5.88. The highest BCUT2D eigenvalue weighted by molar-refractivity contribution is 6.21. The number of ether oxygens (including phenoxy) is 1. The zero-order valence-corrected chi connectivity index (χ0v) is 12.8. The summed E-state index contributed by atoms with van der Waals surface area (Å²) >= 11 is 0. The molecule has 6 heteroatoms. The maximum atomic E-state index is 12.3. The molecule has 2 amide bonds. The summed E-state index contributed by atoms with van der Waals surface area (Å²) in [6.07, 6.45) is -1.42. The van der Waals surface area contributed by atoms with Crippen LogP contribution in [0.15, 0.2) is 24.3 Å². The predicted molar refractivity (Wildman–Crippen MR) is 78.2 cm³/mol. The van der Waals surface area contributed by atoms with E-state index >= 15 is 0 Å². The molecule has 0 aliphatic carbocycles. The maximum Gasteiger partial charge on any atom is 0.335 e. The number of hydrogen-bond acceptors (Lipinski definition) is 5. The number of carbonyl (C=O) groups is 3. The Morgan fingerprint density at radius 1 is 1.23 bits per heavy atom. The zero-order valence-electron chi connectivity index (χ0n) is 12.8. The van der Waals surface area contributed by atoms with Crippen molar-refractivity contribution in [2.24, 2.45) is 5.41 Å². The van der Waals surface area contributed by atoms with Crippen LogP contribution in [0.1, 0.15) is 41.5 Å². The lowest BCUT2D eigenvalue weighted by Gasteiger charge is -2.32. The summed E-state index contributed by atoms with van der Waals surface area (Å²) in [7, 11) is 0. The molecule has 1 unspecified atom stereocenters. The number of imide groups is 1. The first-order valence-corrected chi connectivity index (χ1v) is 7.09. The Bertz CT molecular complexity index is 588. The van der Waals surface area contributed by atoms with Gasteiger partial charge >= 0.3 is 5.97 Å². The van der Waals surface area contributed by atoms with Gasteiger partial charge in [0.2, 0.25) is 0 Å². The number of esters is 1. The summed E-state index contributed by atoms with van der Waals surface area (Å²) in [4.78, 5) is 37.4. The van der Waals surface area contributed by atoms with E-state index in [1.165, 1.54) is 0 Å². The van der Waals surface area contributed by atoms with E-state index in [1.807, 2.05) is 0 Å². The molecular formula is C16H19NO5. The summed E-state index contributed by atoms with van der Waals surface area (Å²) in [6.45, 7) is 4.94. The average Bonchev–Trinajstić information content (AvgIpc) is 2.72. The molecule has 0 fully saturated rings. The number of hydrogen-bond donors (Lipinski definition) is 1. The second-order valence-corrected chi connectivity index (χ2v) is 5.89. The van der Waals surface area contributed by atoms with Gasteiger partial charge in [0, 0.05) is 12.0 Å². The number of rotatable bonds is 5. The van der Waals surface area contributed by atoms with Gasteiger partial charge in [-0.1, -0.05) is 26.0 Å². The molecule has 0 aromatic heterocycles. The van der Waals surface area contributed by atoms with E-state index in [0.717, 1.165) is 4.90 Å². The first kappa shape index (κ1) is 16.2. The van der Waals surface area contributed by atoms with E-state index in [4.69, 9.17) is 4.74 Å². The molecular weight excluding hydrogens is 286 g/mol. The molecule has 22 heavy (non-hydrogen) atoms. The summed E-state index contributed by atoms with van der Waals surface area (Å²) in [5.41, 5.74) is -0.331. The van der Waals surface area contributed by atoms with Gasteiger partial charge in [-0.3, -0.25) is 14.5 Å². The van der Waals surface area contributed by atoms with Crippen LogP contribution in [0.4, 0.5) is 0 Å². The minimum atomic E-state index is -1.42. The van der Waals surface area contributed by atoms with Gasteiger partial charge in [0.15, 0.2) is 6.10 Å². The normalized spacial score (nSPS) is 15.7. The molecule has 0 saturated carbocycles. The Hall–Kier alpha value is -2.21. The van der Waals surface area contributed by atoms with E-state index in [2.05, 4.69) is 0 Å². The summed E-state index contributed by atoms with van der Waals surface area (Å²) in [5.74, 6) is -1.58. The number of aliphatic hydroxyl groups is 1. The van der Waals surface area contributed by atoms with Gasteiger partial charge in [-0.05, 0) is 19.1 Å². The summed E-state index contributed by atoms with van der Waals surface area (Å²) in [5, 5.41) is 10.1. The van der Waals surface area contributed by atoms with Crippen molar-refractivity contribution in [3.8, 4) is 0 Å². The van der Waals surface area contributed by atoms with Crippen molar-refractivity contribution in [1.29, 1.82) is 0 Å². The summed E-state index contributed by atoms with van der Waals surface area (Å²) < 4.78 is 4.79. The first-order chi connectivity index (χ1) is 10.3. The van der Waals surface area contributed by atoms with Crippen molar-refractivity contribution in [2.75, 3.05) is 13.2 Å². The molecule has 0 radical (unpaired) electrons. The number of carbonyl (C=O) groups excluding carboxylic acids is 3. The fraction of sp³-hybridized carbons (Fsp3) is 0.438. The Balaban J connectivity index is 2.19. The minimum Gasteiger partial charge on any atom is -0.464 e. The maximum absolute atomic E-state index is 12.3. The van der Waals surface area contributed by atoms with Gasteiger partial charge < -0.3 is 9.84 Å². The lowest BCUT2D eigenvalue weighted by Crippen LogP contribution is -2.47. The van der Waals surface area contributed by atoms with Crippen LogP contribution < -0.4 is 0 Å². The van der Waals surface area contributed by atoms with Crippen LogP contribution in [0.25, 0.3) is 0 Å². The second-order valence-electron chi connectivity index (χ2n) is 5.89. The molecule has 0 saturated heterocycles. The van der Waals surface area contributed by atoms with Crippen LogP contribution in [0.2, 0.25) is 0 Å². The van der Waals surface area contributed by atoms with Crippen LogP contribution in [-0.4, -0.2) is 47.0 Å². The number of benzene rings is 1. The van der Waals surface area contributed by atoms with Crippen LogP contribution in [0, 0.1) is 5.41 Å². The van der Waals surface area contributed by atoms with E-state index in [9.17, 15) is 19.5 Å². The third-order valence-corrected chi connectivity index (χ3v) is 3.69.